The molecule has 1 unspecified atom stereocenters. The van der Waals surface area contributed by atoms with Crippen LogP contribution in [0.3, 0.4) is 0 Å². The predicted molar refractivity (Wildman–Crippen MR) is 64.9 cm³/mol. The first-order valence-corrected chi connectivity index (χ1v) is 7.66. The number of hydrogen-bond donors (Lipinski definition) is 2. The van der Waals surface area contributed by atoms with Gasteiger partial charge in [0.15, 0.2) is 0 Å². The Morgan fingerprint density at radius 3 is 2.76 bits per heavy atom. The molecule has 2 heterocycles. The zero-order valence-corrected chi connectivity index (χ0v) is 10.8. The summed E-state index contributed by atoms with van der Waals surface area (Å²) in [4.78, 5) is 0. The summed E-state index contributed by atoms with van der Waals surface area (Å²) in [6.45, 7) is 4.39. The van der Waals surface area contributed by atoms with E-state index in [9.17, 15) is 8.42 Å². The summed E-state index contributed by atoms with van der Waals surface area (Å²) >= 11 is 0. The number of morpholine rings is 1. The molecule has 2 saturated heterocycles. The number of nitrogens with zero attached hydrogens (tertiary/aromatic N) is 1. The number of rotatable bonds is 4. The Bertz CT molecular complexity index is 322. The van der Waals surface area contributed by atoms with Gasteiger partial charge in [-0.1, -0.05) is 0 Å². The van der Waals surface area contributed by atoms with Crippen LogP contribution >= 0.6 is 0 Å². The maximum atomic E-state index is 12.0. The van der Waals surface area contributed by atoms with Crippen molar-refractivity contribution in [3.05, 3.63) is 0 Å². The second kappa shape index (κ2) is 6.10. The molecule has 17 heavy (non-hydrogen) atoms. The average molecular weight is 263 g/mol. The Kier molecular flexibility index (Phi) is 4.75. The van der Waals surface area contributed by atoms with E-state index in [-0.39, 0.29) is 0 Å². The van der Waals surface area contributed by atoms with Crippen LogP contribution in [0.2, 0.25) is 0 Å². The lowest BCUT2D eigenvalue weighted by Crippen LogP contribution is -2.48. The SMILES string of the molecule is O=S(=O)(NCC1CCCNC1)N1CCOCC1. The van der Waals surface area contributed by atoms with E-state index in [2.05, 4.69) is 10.0 Å². The van der Waals surface area contributed by atoms with Crippen LogP contribution in [-0.4, -0.2) is 58.7 Å². The molecular weight excluding hydrogens is 242 g/mol. The summed E-state index contributed by atoms with van der Waals surface area (Å²) in [7, 11) is -3.31. The molecule has 2 rings (SSSR count). The van der Waals surface area contributed by atoms with Crippen LogP contribution in [0.4, 0.5) is 0 Å². The third kappa shape index (κ3) is 3.89. The molecule has 2 aliphatic heterocycles. The highest BCUT2D eigenvalue weighted by Crippen LogP contribution is 2.10. The summed E-state index contributed by atoms with van der Waals surface area (Å²) in [5, 5.41) is 3.28. The van der Waals surface area contributed by atoms with Crippen molar-refractivity contribution in [3.8, 4) is 0 Å². The highest BCUT2D eigenvalue weighted by molar-refractivity contribution is 7.87. The predicted octanol–water partition coefficient (Wildman–Crippen LogP) is -0.847. The van der Waals surface area contributed by atoms with Gasteiger partial charge in [0.25, 0.3) is 10.2 Å². The van der Waals surface area contributed by atoms with Crippen LogP contribution in [0.5, 0.6) is 0 Å². The molecule has 0 aliphatic carbocycles. The fourth-order valence-electron chi connectivity index (χ4n) is 2.20. The van der Waals surface area contributed by atoms with Crippen LogP contribution in [0.1, 0.15) is 12.8 Å². The van der Waals surface area contributed by atoms with Gasteiger partial charge in [0.1, 0.15) is 0 Å². The van der Waals surface area contributed by atoms with Crippen molar-refractivity contribution in [1.29, 1.82) is 0 Å². The highest BCUT2D eigenvalue weighted by atomic mass is 32.2. The molecule has 0 aromatic rings. The third-order valence-electron chi connectivity index (χ3n) is 3.26. The van der Waals surface area contributed by atoms with Crippen molar-refractivity contribution >= 4 is 10.2 Å². The summed E-state index contributed by atoms with van der Waals surface area (Å²) in [6, 6.07) is 0. The summed E-state index contributed by atoms with van der Waals surface area (Å²) in [5.41, 5.74) is 0. The number of hydrogen-bond acceptors (Lipinski definition) is 4. The van der Waals surface area contributed by atoms with Crippen molar-refractivity contribution in [2.45, 2.75) is 12.8 Å². The third-order valence-corrected chi connectivity index (χ3v) is 4.84. The Labute approximate surface area is 103 Å². The highest BCUT2D eigenvalue weighted by Gasteiger charge is 2.25. The van der Waals surface area contributed by atoms with Crippen molar-refractivity contribution in [3.63, 3.8) is 0 Å². The van der Waals surface area contributed by atoms with E-state index < -0.39 is 10.2 Å². The van der Waals surface area contributed by atoms with Gasteiger partial charge in [-0.2, -0.15) is 12.7 Å². The number of piperidine rings is 1. The van der Waals surface area contributed by atoms with Gasteiger partial charge in [-0.3, -0.25) is 0 Å². The molecular formula is C10H21N3O3S. The standard InChI is InChI=1S/C10H21N3O3S/c14-17(15,13-4-6-16-7-5-13)12-9-10-2-1-3-11-8-10/h10-12H,1-9H2. The van der Waals surface area contributed by atoms with E-state index in [4.69, 9.17) is 4.74 Å². The maximum Gasteiger partial charge on any atom is 0.279 e. The first-order valence-electron chi connectivity index (χ1n) is 6.22. The number of nitrogens with one attached hydrogen (secondary N) is 2. The van der Waals surface area contributed by atoms with Gasteiger partial charge in [-0.15, -0.1) is 0 Å². The molecule has 100 valence electrons. The quantitative estimate of drug-likeness (QED) is 0.693. The Morgan fingerprint density at radius 1 is 1.35 bits per heavy atom. The Hall–Kier alpha value is -0.210. The molecule has 0 aromatic carbocycles. The maximum absolute atomic E-state index is 12.0. The van der Waals surface area contributed by atoms with Crippen molar-refractivity contribution in [2.24, 2.45) is 5.92 Å². The van der Waals surface area contributed by atoms with Crippen LogP contribution in [-0.2, 0) is 14.9 Å². The Balaban J connectivity index is 1.79. The Morgan fingerprint density at radius 2 is 2.12 bits per heavy atom. The second-order valence-corrected chi connectivity index (χ2v) is 6.33. The van der Waals surface area contributed by atoms with E-state index >= 15 is 0 Å². The second-order valence-electron chi connectivity index (χ2n) is 4.58. The van der Waals surface area contributed by atoms with Gasteiger partial charge in [0, 0.05) is 19.6 Å². The minimum atomic E-state index is -3.31. The summed E-state index contributed by atoms with van der Waals surface area (Å²) < 4.78 is 33.2. The fraction of sp³-hybridized carbons (Fsp3) is 1.00. The summed E-state index contributed by atoms with van der Waals surface area (Å²) in [6.07, 6.45) is 2.22. The lowest BCUT2D eigenvalue weighted by atomic mass is 10.0. The monoisotopic (exact) mass is 263 g/mol. The summed E-state index contributed by atoms with van der Waals surface area (Å²) in [5.74, 6) is 0.416. The zero-order chi connectivity index (χ0) is 12.1. The first kappa shape index (κ1) is 13.2. The molecule has 2 N–H and O–H groups in total. The van der Waals surface area contributed by atoms with Crippen molar-refractivity contribution < 1.29 is 13.2 Å². The fourth-order valence-corrected chi connectivity index (χ4v) is 3.46. The van der Waals surface area contributed by atoms with Gasteiger partial charge in [-0.25, -0.2) is 4.72 Å². The van der Waals surface area contributed by atoms with Crippen LogP contribution in [0.25, 0.3) is 0 Å². The van der Waals surface area contributed by atoms with Crippen LogP contribution in [0.15, 0.2) is 0 Å². The minimum Gasteiger partial charge on any atom is -0.379 e. The van der Waals surface area contributed by atoms with E-state index in [1.807, 2.05) is 0 Å². The molecule has 0 saturated carbocycles. The smallest absolute Gasteiger partial charge is 0.279 e. The molecule has 0 bridgehead atoms. The lowest BCUT2D eigenvalue weighted by Gasteiger charge is -2.28. The minimum absolute atomic E-state index is 0.416. The van der Waals surface area contributed by atoms with Crippen molar-refractivity contribution in [1.82, 2.24) is 14.3 Å². The van der Waals surface area contributed by atoms with E-state index in [1.165, 1.54) is 4.31 Å². The van der Waals surface area contributed by atoms with Crippen LogP contribution in [0, 0.1) is 5.92 Å². The zero-order valence-electron chi connectivity index (χ0n) is 10.0. The number of ether oxygens (including phenoxy) is 1. The van der Waals surface area contributed by atoms with Gasteiger partial charge >= 0.3 is 0 Å². The van der Waals surface area contributed by atoms with E-state index in [0.717, 1.165) is 25.9 Å². The first-order chi connectivity index (χ1) is 8.18. The molecule has 0 spiro atoms. The molecule has 1 atom stereocenters. The topological polar surface area (TPSA) is 70.7 Å². The molecule has 7 heteroatoms. The average Bonchev–Trinajstić information content (AvgIpc) is 2.39. The molecule has 6 nitrogen and oxygen atoms in total. The van der Waals surface area contributed by atoms with Gasteiger partial charge in [0.05, 0.1) is 13.2 Å². The van der Waals surface area contributed by atoms with E-state index in [1.54, 1.807) is 0 Å². The molecule has 2 aliphatic rings. The molecule has 0 radical (unpaired) electrons. The largest absolute Gasteiger partial charge is 0.379 e. The normalized spacial score (nSPS) is 28.1. The molecule has 0 amide bonds. The molecule has 2 fully saturated rings. The lowest BCUT2D eigenvalue weighted by molar-refractivity contribution is 0.0724. The van der Waals surface area contributed by atoms with Crippen LogP contribution < -0.4 is 10.0 Å². The van der Waals surface area contributed by atoms with Gasteiger partial charge in [-0.05, 0) is 31.8 Å². The van der Waals surface area contributed by atoms with Gasteiger partial charge in [0.2, 0.25) is 0 Å². The van der Waals surface area contributed by atoms with Crippen molar-refractivity contribution in [2.75, 3.05) is 45.9 Å². The van der Waals surface area contributed by atoms with Gasteiger partial charge < -0.3 is 10.1 Å². The van der Waals surface area contributed by atoms with E-state index in [0.29, 0.717) is 38.8 Å². The molecule has 0 aromatic heterocycles.